The van der Waals surface area contributed by atoms with Gasteiger partial charge in [-0.2, -0.15) is 0 Å². The summed E-state index contributed by atoms with van der Waals surface area (Å²) in [6.07, 6.45) is 0. The Labute approximate surface area is 127 Å². The Balaban J connectivity index is 2.39. The lowest BCUT2D eigenvalue weighted by molar-refractivity contribution is 0.526. The van der Waals surface area contributed by atoms with E-state index in [0.29, 0.717) is 6.04 Å². The van der Waals surface area contributed by atoms with Crippen LogP contribution in [0.3, 0.4) is 0 Å². The van der Waals surface area contributed by atoms with E-state index in [1.165, 1.54) is 11.1 Å². The fraction of sp³-hybridized carbons (Fsp3) is 0.400. The highest BCUT2D eigenvalue weighted by molar-refractivity contribution is 9.10. The van der Waals surface area contributed by atoms with E-state index in [0.717, 1.165) is 15.2 Å². The molecule has 4 heteroatoms. The number of nitrogens with zero attached hydrogens (tertiary/aromatic N) is 1. The summed E-state index contributed by atoms with van der Waals surface area (Å²) in [6, 6.07) is 7.09. The lowest BCUT2D eigenvalue weighted by Crippen LogP contribution is -2.29. The van der Waals surface area contributed by atoms with Crippen molar-refractivity contribution in [2.75, 3.05) is 0 Å². The maximum Gasteiger partial charge on any atom is 0.114 e. The van der Waals surface area contributed by atoms with Crippen LogP contribution in [0.4, 0.5) is 0 Å². The van der Waals surface area contributed by atoms with E-state index in [4.69, 9.17) is 0 Å². The Hall–Kier alpha value is -0.710. The van der Waals surface area contributed by atoms with Crippen molar-refractivity contribution in [3.8, 4) is 0 Å². The van der Waals surface area contributed by atoms with Gasteiger partial charge in [0.1, 0.15) is 5.01 Å². The molecular formula is C15H19BrN2S. The van der Waals surface area contributed by atoms with Gasteiger partial charge in [-0.15, -0.1) is 11.3 Å². The zero-order chi connectivity index (χ0) is 14.0. The van der Waals surface area contributed by atoms with Crippen LogP contribution in [0.1, 0.15) is 41.7 Å². The molecule has 0 saturated heterocycles. The molecule has 0 radical (unpaired) electrons. The number of aromatic nitrogens is 1. The van der Waals surface area contributed by atoms with Crippen LogP contribution in [-0.2, 0) is 0 Å². The van der Waals surface area contributed by atoms with Gasteiger partial charge in [0.15, 0.2) is 0 Å². The molecule has 0 aliphatic rings. The predicted octanol–water partition coefficient (Wildman–Crippen LogP) is 4.61. The summed E-state index contributed by atoms with van der Waals surface area (Å²) in [6.45, 7) is 8.47. The van der Waals surface area contributed by atoms with Crippen LogP contribution in [-0.4, -0.2) is 11.0 Å². The van der Waals surface area contributed by atoms with Gasteiger partial charge < -0.3 is 5.32 Å². The number of nitrogens with one attached hydrogen (secondary N) is 1. The summed E-state index contributed by atoms with van der Waals surface area (Å²) in [4.78, 5) is 4.63. The van der Waals surface area contributed by atoms with E-state index in [-0.39, 0.29) is 6.04 Å². The molecule has 2 rings (SSSR count). The van der Waals surface area contributed by atoms with Crippen LogP contribution in [0, 0.1) is 13.8 Å². The SMILES string of the molecule is Cc1csc(C(NC(C)C)c2ccc(C)c(Br)c2)n1. The van der Waals surface area contributed by atoms with Crippen molar-refractivity contribution in [2.24, 2.45) is 0 Å². The molecule has 0 fully saturated rings. The van der Waals surface area contributed by atoms with Gasteiger partial charge in [0.05, 0.1) is 6.04 Å². The second-order valence-corrected chi connectivity index (χ2v) is 6.83. The average Bonchev–Trinajstić information content (AvgIpc) is 2.76. The number of hydrogen-bond donors (Lipinski definition) is 1. The standard InChI is InChI=1S/C15H19BrN2S/c1-9(2)17-14(15-18-11(4)8-19-15)12-6-5-10(3)13(16)7-12/h5-9,14,17H,1-4H3. The summed E-state index contributed by atoms with van der Waals surface area (Å²) in [5, 5.41) is 6.83. The zero-order valence-electron chi connectivity index (χ0n) is 11.7. The molecule has 1 heterocycles. The molecule has 0 bridgehead atoms. The Morgan fingerprint density at radius 3 is 2.53 bits per heavy atom. The van der Waals surface area contributed by atoms with E-state index in [2.05, 4.69) is 70.6 Å². The van der Waals surface area contributed by atoms with Gasteiger partial charge in [-0.25, -0.2) is 4.98 Å². The molecule has 1 N–H and O–H groups in total. The molecule has 0 aliphatic heterocycles. The molecule has 1 unspecified atom stereocenters. The third-order valence-electron chi connectivity index (χ3n) is 2.91. The Morgan fingerprint density at radius 2 is 2.00 bits per heavy atom. The van der Waals surface area contributed by atoms with Crippen LogP contribution < -0.4 is 5.32 Å². The first-order valence-electron chi connectivity index (χ1n) is 6.41. The highest BCUT2D eigenvalue weighted by Crippen LogP contribution is 2.28. The van der Waals surface area contributed by atoms with Crippen LogP contribution >= 0.6 is 27.3 Å². The van der Waals surface area contributed by atoms with Gasteiger partial charge in [-0.3, -0.25) is 0 Å². The number of hydrogen-bond acceptors (Lipinski definition) is 3. The second kappa shape index (κ2) is 6.16. The van der Waals surface area contributed by atoms with Gasteiger partial charge in [0, 0.05) is 21.6 Å². The van der Waals surface area contributed by atoms with Gasteiger partial charge in [-0.05, 0) is 44.9 Å². The van der Waals surface area contributed by atoms with E-state index in [1.807, 2.05) is 6.92 Å². The molecule has 0 amide bonds. The van der Waals surface area contributed by atoms with Crippen molar-refractivity contribution >= 4 is 27.3 Å². The highest BCUT2D eigenvalue weighted by atomic mass is 79.9. The predicted molar refractivity (Wildman–Crippen MR) is 85.8 cm³/mol. The summed E-state index contributed by atoms with van der Waals surface area (Å²) < 4.78 is 1.15. The number of aryl methyl sites for hydroxylation is 2. The van der Waals surface area contributed by atoms with Crippen molar-refractivity contribution in [1.82, 2.24) is 10.3 Å². The Bertz CT molecular complexity index is 563. The molecule has 102 valence electrons. The molecule has 0 saturated carbocycles. The fourth-order valence-electron chi connectivity index (χ4n) is 1.94. The Morgan fingerprint density at radius 1 is 1.26 bits per heavy atom. The monoisotopic (exact) mass is 338 g/mol. The van der Waals surface area contributed by atoms with Crippen LogP contribution in [0.5, 0.6) is 0 Å². The molecule has 19 heavy (non-hydrogen) atoms. The van der Waals surface area contributed by atoms with Crippen LogP contribution in [0.15, 0.2) is 28.1 Å². The molecule has 1 atom stereocenters. The third-order valence-corrected chi connectivity index (χ3v) is 4.79. The van der Waals surface area contributed by atoms with Crippen molar-refractivity contribution in [1.29, 1.82) is 0 Å². The topological polar surface area (TPSA) is 24.9 Å². The molecule has 1 aromatic carbocycles. The molecule has 1 aromatic heterocycles. The highest BCUT2D eigenvalue weighted by Gasteiger charge is 2.18. The van der Waals surface area contributed by atoms with E-state index in [9.17, 15) is 0 Å². The quantitative estimate of drug-likeness (QED) is 0.880. The largest absolute Gasteiger partial charge is 0.302 e. The minimum absolute atomic E-state index is 0.163. The Kier molecular flexibility index (Phi) is 4.76. The molecule has 0 aliphatic carbocycles. The van der Waals surface area contributed by atoms with Gasteiger partial charge >= 0.3 is 0 Å². The molecule has 0 spiro atoms. The maximum atomic E-state index is 4.63. The number of halogens is 1. The third kappa shape index (κ3) is 3.65. The first-order valence-corrected chi connectivity index (χ1v) is 8.08. The molecule has 2 nitrogen and oxygen atoms in total. The summed E-state index contributed by atoms with van der Waals surface area (Å²) >= 11 is 5.33. The van der Waals surface area contributed by atoms with Gasteiger partial charge in [-0.1, -0.05) is 28.1 Å². The second-order valence-electron chi connectivity index (χ2n) is 5.09. The van der Waals surface area contributed by atoms with Gasteiger partial charge in [0.25, 0.3) is 0 Å². The summed E-state index contributed by atoms with van der Waals surface area (Å²) in [5.41, 5.74) is 3.59. The van der Waals surface area contributed by atoms with E-state index < -0.39 is 0 Å². The first kappa shape index (κ1) is 14.7. The molecule has 2 aromatic rings. The normalized spacial score (nSPS) is 12.9. The summed E-state index contributed by atoms with van der Waals surface area (Å²) in [5.74, 6) is 0. The number of thiazole rings is 1. The van der Waals surface area contributed by atoms with Crippen molar-refractivity contribution in [3.05, 3.63) is 49.9 Å². The van der Waals surface area contributed by atoms with Crippen molar-refractivity contribution in [2.45, 2.75) is 39.8 Å². The minimum Gasteiger partial charge on any atom is -0.302 e. The lowest BCUT2D eigenvalue weighted by Gasteiger charge is -2.20. The van der Waals surface area contributed by atoms with E-state index in [1.54, 1.807) is 11.3 Å². The van der Waals surface area contributed by atoms with E-state index >= 15 is 0 Å². The summed E-state index contributed by atoms with van der Waals surface area (Å²) in [7, 11) is 0. The van der Waals surface area contributed by atoms with Crippen molar-refractivity contribution < 1.29 is 0 Å². The van der Waals surface area contributed by atoms with Crippen LogP contribution in [0.2, 0.25) is 0 Å². The lowest BCUT2D eigenvalue weighted by atomic mass is 10.0. The minimum atomic E-state index is 0.163. The smallest absolute Gasteiger partial charge is 0.114 e. The fourth-order valence-corrected chi connectivity index (χ4v) is 3.21. The van der Waals surface area contributed by atoms with Crippen LogP contribution in [0.25, 0.3) is 0 Å². The zero-order valence-corrected chi connectivity index (χ0v) is 14.1. The molecular weight excluding hydrogens is 320 g/mol. The number of benzene rings is 1. The maximum absolute atomic E-state index is 4.63. The van der Waals surface area contributed by atoms with Gasteiger partial charge in [0.2, 0.25) is 0 Å². The number of rotatable bonds is 4. The first-order chi connectivity index (χ1) is 8.97. The average molecular weight is 339 g/mol. The van der Waals surface area contributed by atoms with Crippen molar-refractivity contribution in [3.63, 3.8) is 0 Å².